The SMILES string of the molecule is CCCNC1COCC1C(=O)NCC1(O)CCOC1C. The standard InChI is InChI=1S/C14H26N2O4/c1-3-5-15-12-8-19-7-11(12)13(17)16-9-14(18)4-6-20-10(14)2/h10-12,15,18H,3-9H2,1-2H3,(H,16,17). The largest absolute Gasteiger partial charge is 0.385 e. The third-order valence-corrected chi connectivity index (χ3v) is 4.30. The number of nitrogens with one attached hydrogen (secondary N) is 2. The molecule has 4 atom stereocenters. The maximum Gasteiger partial charge on any atom is 0.227 e. The number of carbonyl (C=O) groups is 1. The molecule has 2 aliphatic heterocycles. The van der Waals surface area contributed by atoms with E-state index >= 15 is 0 Å². The van der Waals surface area contributed by atoms with Gasteiger partial charge in [0.15, 0.2) is 0 Å². The molecule has 0 aromatic carbocycles. The van der Waals surface area contributed by atoms with Crippen molar-refractivity contribution in [3.8, 4) is 0 Å². The Kier molecular flexibility index (Phi) is 5.37. The highest BCUT2D eigenvalue weighted by Gasteiger charge is 2.41. The fourth-order valence-corrected chi connectivity index (χ4v) is 2.72. The van der Waals surface area contributed by atoms with Crippen molar-refractivity contribution in [3.63, 3.8) is 0 Å². The van der Waals surface area contributed by atoms with Gasteiger partial charge >= 0.3 is 0 Å². The van der Waals surface area contributed by atoms with Crippen LogP contribution in [0.1, 0.15) is 26.7 Å². The Morgan fingerprint density at radius 2 is 2.25 bits per heavy atom. The van der Waals surface area contributed by atoms with Crippen LogP contribution in [0, 0.1) is 5.92 Å². The Morgan fingerprint density at radius 1 is 1.45 bits per heavy atom. The van der Waals surface area contributed by atoms with Crippen LogP contribution in [-0.4, -0.2) is 61.7 Å². The lowest BCUT2D eigenvalue weighted by Crippen LogP contribution is -2.51. The second-order valence-electron chi connectivity index (χ2n) is 5.79. The molecular weight excluding hydrogens is 260 g/mol. The molecule has 0 saturated carbocycles. The normalized spacial score (nSPS) is 37.2. The van der Waals surface area contributed by atoms with Crippen LogP contribution < -0.4 is 10.6 Å². The van der Waals surface area contributed by atoms with Gasteiger partial charge < -0.3 is 25.2 Å². The first-order valence-electron chi connectivity index (χ1n) is 7.49. The summed E-state index contributed by atoms with van der Waals surface area (Å²) in [5.41, 5.74) is -0.943. The van der Waals surface area contributed by atoms with E-state index in [1.807, 2.05) is 6.92 Å². The second-order valence-corrected chi connectivity index (χ2v) is 5.79. The van der Waals surface area contributed by atoms with E-state index in [1.165, 1.54) is 0 Å². The summed E-state index contributed by atoms with van der Waals surface area (Å²) in [6.45, 7) is 6.61. The van der Waals surface area contributed by atoms with Gasteiger partial charge in [0.2, 0.25) is 5.91 Å². The van der Waals surface area contributed by atoms with E-state index in [1.54, 1.807) is 0 Å². The molecule has 3 N–H and O–H groups in total. The predicted molar refractivity (Wildman–Crippen MR) is 74.4 cm³/mol. The predicted octanol–water partition coefficient (Wildman–Crippen LogP) is -0.343. The number of hydrogen-bond donors (Lipinski definition) is 3. The van der Waals surface area contributed by atoms with Crippen molar-refractivity contribution >= 4 is 5.91 Å². The molecule has 6 nitrogen and oxygen atoms in total. The molecule has 2 heterocycles. The Hall–Kier alpha value is -0.690. The molecule has 0 bridgehead atoms. The summed E-state index contributed by atoms with van der Waals surface area (Å²) in [6.07, 6.45) is 1.35. The van der Waals surface area contributed by atoms with Crippen LogP contribution in [-0.2, 0) is 14.3 Å². The quantitative estimate of drug-likeness (QED) is 0.622. The van der Waals surface area contributed by atoms with Crippen LogP contribution >= 0.6 is 0 Å². The Bertz CT molecular complexity index is 339. The van der Waals surface area contributed by atoms with E-state index in [2.05, 4.69) is 17.6 Å². The van der Waals surface area contributed by atoms with Crippen LogP contribution in [0.15, 0.2) is 0 Å². The van der Waals surface area contributed by atoms with Gasteiger partial charge in [-0.3, -0.25) is 4.79 Å². The Morgan fingerprint density at radius 3 is 2.90 bits per heavy atom. The molecule has 0 aromatic heterocycles. The molecule has 2 aliphatic rings. The summed E-state index contributed by atoms with van der Waals surface area (Å²) in [5.74, 6) is -0.230. The molecular formula is C14H26N2O4. The number of ether oxygens (including phenoxy) is 2. The molecule has 20 heavy (non-hydrogen) atoms. The van der Waals surface area contributed by atoms with E-state index in [-0.39, 0.29) is 30.5 Å². The van der Waals surface area contributed by atoms with E-state index < -0.39 is 5.60 Å². The van der Waals surface area contributed by atoms with Gasteiger partial charge in [-0.2, -0.15) is 0 Å². The molecule has 6 heteroatoms. The summed E-state index contributed by atoms with van der Waals surface area (Å²) < 4.78 is 10.8. The van der Waals surface area contributed by atoms with Crippen molar-refractivity contribution in [1.82, 2.24) is 10.6 Å². The van der Waals surface area contributed by atoms with Crippen molar-refractivity contribution in [3.05, 3.63) is 0 Å². The molecule has 0 spiro atoms. The van der Waals surface area contributed by atoms with Crippen LogP contribution in [0.4, 0.5) is 0 Å². The Balaban J connectivity index is 1.82. The summed E-state index contributed by atoms with van der Waals surface area (Å²) >= 11 is 0. The summed E-state index contributed by atoms with van der Waals surface area (Å²) in [5, 5.41) is 16.6. The van der Waals surface area contributed by atoms with Crippen LogP contribution in [0.5, 0.6) is 0 Å². The van der Waals surface area contributed by atoms with Gasteiger partial charge in [-0.15, -0.1) is 0 Å². The minimum Gasteiger partial charge on any atom is -0.385 e. The molecule has 4 unspecified atom stereocenters. The van der Waals surface area contributed by atoms with Crippen molar-refractivity contribution in [2.45, 2.75) is 44.4 Å². The van der Waals surface area contributed by atoms with E-state index in [0.29, 0.717) is 26.2 Å². The highest BCUT2D eigenvalue weighted by atomic mass is 16.5. The van der Waals surface area contributed by atoms with Gasteiger partial charge in [0.1, 0.15) is 5.60 Å². The Labute approximate surface area is 120 Å². The molecule has 0 aromatic rings. The first-order chi connectivity index (χ1) is 9.57. The minimum absolute atomic E-state index is 0.0522. The zero-order chi connectivity index (χ0) is 14.6. The monoisotopic (exact) mass is 286 g/mol. The number of aliphatic hydroxyl groups is 1. The van der Waals surface area contributed by atoms with Gasteiger partial charge in [-0.05, 0) is 19.9 Å². The lowest BCUT2D eigenvalue weighted by Gasteiger charge is -2.27. The average Bonchev–Trinajstić information content (AvgIpc) is 3.02. The molecule has 0 radical (unpaired) electrons. The van der Waals surface area contributed by atoms with Crippen LogP contribution in [0.3, 0.4) is 0 Å². The summed E-state index contributed by atoms with van der Waals surface area (Å²) in [7, 11) is 0. The zero-order valence-corrected chi connectivity index (χ0v) is 12.4. The minimum atomic E-state index is -0.943. The smallest absolute Gasteiger partial charge is 0.227 e. The maximum atomic E-state index is 12.2. The van der Waals surface area contributed by atoms with Crippen LogP contribution in [0.2, 0.25) is 0 Å². The number of carbonyl (C=O) groups excluding carboxylic acids is 1. The highest BCUT2D eigenvalue weighted by molar-refractivity contribution is 5.80. The van der Waals surface area contributed by atoms with Crippen LogP contribution in [0.25, 0.3) is 0 Å². The third kappa shape index (κ3) is 3.49. The first kappa shape index (κ1) is 15.7. The van der Waals surface area contributed by atoms with Gasteiger partial charge in [0, 0.05) is 25.6 Å². The molecule has 2 rings (SSSR count). The summed E-state index contributed by atoms with van der Waals surface area (Å²) in [4.78, 5) is 12.2. The van der Waals surface area contributed by atoms with E-state index in [0.717, 1.165) is 13.0 Å². The maximum absolute atomic E-state index is 12.2. The van der Waals surface area contributed by atoms with Gasteiger partial charge in [-0.25, -0.2) is 0 Å². The van der Waals surface area contributed by atoms with E-state index in [4.69, 9.17) is 9.47 Å². The van der Waals surface area contributed by atoms with Gasteiger partial charge in [-0.1, -0.05) is 6.92 Å². The third-order valence-electron chi connectivity index (χ3n) is 4.30. The molecule has 2 saturated heterocycles. The number of amides is 1. The van der Waals surface area contributed by atoms with Crippen molar-refractivity contribution < 1.29 is 19.4 Å². The molecule has 116 valence electrons. The molecule has 0 aliphatic carbocycles. The van der Waals surface area contributed by atoms with E-state index in [9.17, 15) is 9.90 Å². The molecule has 2 fully saturated rings. The fraction of sp³-hybridized carbons (Fsp3) is 0.929. The van der Waals surface area contributed by atoms with Gasteiger partial charge in [0.05, 0.1) is 25.2 Å². The zero-order valence-electron chi connectivity index (χ0n) is 12.4. The lowest BCUT2D eigenvalue weighted by atomic mass is 9.95. The van der Waals surface area contributed by atoms with Crippen molar-refractivity contribution in [1.29, 1.82) is 0 Å². The van der Waals surface area contributed by atoms with Crippen molar-refractivity contribution in [2.24, 2.45) is 5.92 Å². The highest BCUT2D eigenvalue weighted by Crippen LogP contribution is 2.25. The van der Waals surface area contributed by atoms with Crippen molar-refractivity contribution in [2.75, 3.05) is 32.9 Å². The lowest BCUT2D eigenvalue weighted by molar-refractivity contribution is -0.127. The first-order valence-corrected chi connectivity index (χ1v) is 7.49. The number of hydrogen-bond acceptors (Lipinski definition) is 5. The fourth-order valence-electron chi connectivity index (χ4n) is 2.72. The molecule has 1 amide bonds. The number of rotatable bonds is 6. The summed E-state index contributed by atoms with van der Waals surface area (Å²) in [6, 6.07) is 0.0712. The average molecular weight is 286 g/mol. The second kappa shape index (κ2) is 6.85. The topological polar surface area (TPSA) is 79.8 Å². The van der Waals surface area contributed by atoms with Gasteiger partial charge in [0.25, 0.3) is 0 Å².